The molecule has 5 saturated heterocycles. The molecular formula is C102H123F2N19O15S4. The summed E-state index contributed by atoms with van der Waals surface area (Å²) in [7, 11) is -16.8. The van der Waals surface area contributed by atoms with Crippen LogP contribution in [0.3, 0.4) is 0 Å². The van der Waals surface area contributed by atoms with Gasteiger partial charge in [0.05, 0.1) is 39.8 Å². The number of hydrogen-bond donors (Lipinski definition) is 5. The second kappa shape index (κ2) is 43.0. The predicted octanol–water partition coefficient (Wildman–Crippen LogP) is 15.6. The molecule has 3 aromatic carbocycles. The quantitative estimate of drug-likeness (QED) is 0.0336. The Hall–Kier alpha value is -13.0. The molecule has 17 rings (SSSR count). The minimum absolute atomic E-state index is 0.0224. The molecule has 3 unspecified atom stereocenters. The standard InChI is InChI=1S/C28H30N6O4S.C27H32N4O4S.C24H32N4O4S.C23H29F2N5O3S/c1-20-15-28(2,3)33(17-20)26-23(11-8-14-29-26)27(35)32-39(36,37)25-13-7-12-24(31-25)38-19-21-16-30-34(18-21)22-9-5-4-6-10-22;1-18(2)20-9-6-10-21(15-20)35-23-12-7-13-24(29-23)36(33,34)30-26(32)22-11-8-14-28-25(22)31-17-19(3)16-27(31,4)5;1-16-14-24(3,4)28(15-16)22-18(9-7-13-25-22)23(29)27-33(30,31)21-12-6-11-20(26-21)32-19-10-5-8-17(19)2;1-14-11-23(2,3)30(12-14)21-17(22(31)28-34(32,33)29-10-9-15(26)13-29)7-8-19(27-21)16-5-4-6-18(24)20(16)25/h4-14,16,18,20H,15,17,19H2,1-3H3,(H,32,35);6-15,18-19H,16-17H2,1-5H3,(H,30,32);6-7,9,11-13,16-17,19H,5,8,10,14-15H2,1-4H3,(H,27,29);4-8,14-15H,9-13,26H2,1-3H3,(H,28,31)/t;;16?,17-,19-;14-,15-/m..00/s1. The lowest BCUT2D eigenvalue weighted by Crippen LogP contribution is -2.44. The van der Waals surface area contributed by atoms with Crippen molar-refractivity contribution in [3.63, 3.8) is 0 Å². The van der Waals surface area contributed by atoms with Crippen LogP contribution in [0, 0.1) is 41.2 Å². The fourth-order valence-electron chi connectivity index (χ4n) is 19.4. The first kappa shape index (κ1) is 105. The Morgan fingerprint density at radius 3 is 1.37 bits per heavy atom. The molecule has 5 aliphatic heterocycles. The number of anilines is 4. The van der Waals surface area contributed by atoms with Gasteiger partial charge in [0.1, 0.15) is 41.7 Å². The van der Waals surface area contributed by atoms with E-state index in [1.807, 2.05) is 73.5 Å². The number of rotatable bonds is 26. The summed E-state index contributed by atoms with van der Waals surface area (Å²) in [6, 6.07) is 46.5. The van der Waals surface area contributed by atoms with Crippen LogP contribution >= 0.6 is 0 Å². The molecule has 34 nitrogen and oxygen atoms in total. The van der Waals surface area contributed by atoms with Crippen molar-refractivity contribution < 1.29 is 75.8 Å². The summed E-state index contributed by atoms with van der Waals surface area (Å²) in [6.45, 7) is 34.6. The maximum Gasteiger partial charge on any atom is 0.304 e. The van der Waals surface area contributed by atoms with Crippen molar-refractivity contribution in [2.45, 2.75) is 217 Å². The van der Waals surface area contributed by atoms with Crippen LogP contribution in [0.15, 0.2) is 222 Å². The number of carbonyl (C=O) groups excluding carboxylic acids is 4. The zero-order valence-electron chi connectivity index (χ0n) is 82.2. The van der Waals surface area contributed by atoms with Gasteiger partial charge in [-0.25, -0.2) is 52.3 Å². The van der Waals surface area contributed by atoms with Crippen molar-refractivity contribution in [2.75, 3.05) is 58.9 Å². The van der Waals surface area contributed by atoms with Gasteiger partial charge < -0.3 is 39.5 Å². The van der Waals surface area contributed by atoms with E-state index in [1.54, 1.807) is 96.2 Å². The Balaban J connectivity index is 0.000000151. The van der Waals surface area contributed by atoms with E-state index in [2.05, 4.69) is 164 Å². The Bertz CT molecular complexity index is 6950. The summed E-state index contributed by atoms with van der Waals surface area (Å²) in [5.74, 6) is -0.212. The number of para-hydroxylation sites is 1. The monoisotopic (exact) mass is 2020 g/mol. The average Bonchev–Trinajstić information content (AvgIpc) is 1.56. The van der Waals surface area contributed by atoms with E-state index in [1.165, 1.54) is 54.6 Å². The number of halogens is 2. The highest BCUT2D eigenvalue weighted by Crippen LogP contribution is 2.44. The van der Waals surface area contributed by atoms with E-state index in [4.69, 9.17) is 19.9 Å². The average molecular weight is 2020 g/mol. The van der Waals surface area contributed by atoms with E-state index in [-0.39, 0.29) is 132 Å². The highest BCUT2D eigenvalue weighted by molar-refractivity contribution is 7.90. The molecule has 1 saturated carbocycles. The van der Waals surface area contributed by atoms with Gasteiger partial charge in [-0.05, 0) is 251 Å². The van der Waals surface area contributed by atoms with Crippen LogP contribution in [0.2, 0.25) is 0 Å². The van der Waals surface area contributed by atoms with E-state index < -0.39 is 75.5 Å². The van der Waals surface area contributed by atoms with Crippen molar-refractivity contribution in [1.82, 2.24) is 67.9 Å². The fourth-order valence-corrected chi connectivity index (χ4v) is 23.4. The molecule has 0 spiro atoms. The number of ether oxygens (including phenoxy) is 3. The third kappa shape index (κ3) is 25.0. The van der Waals surface area contributed by atoms with Crippen molar-refractivity contribution in [1.29, 1.82) is 0 Å². The molecule has 13 heterocycles. The van der Waals surface area contributed by atoms with Crippen LogP contribution < -0.4 is 58.4 Å². The lowest BCUT2D eigenvalue weighted by atomic mass is 9.97. The van der Waals surface area contributed by atoms with E-state index in [9.17, 15) is 61.6 Å². The highest BCUT2D eigenvalue weighted by Gasteiger charge is 2.45. The Morgan fingerprint density at radius 2 is 0.915 bits per heavy atom. The minimum Gasteiger partial charge on any atom is -0.474 e. The molecule has 11 aromatic rings. The van der Waals surface area contributed by atoms with Gasteiger partial charge in [-0.3, -0.25) is 19.2 Å². The second-order valence-corrected chi connectivity index (χ2v) is 46.7. The van der Waals surface area contributed by atoms with E-state index >= 15 is 0 Å². The first-order valence-corrected chi connectivity index (χ1v) is 53.2. The molecule has 4 amide bonds. The molecule has 40 heteroatoms. The SMILES string of the molecule is CC1CN(c2ncccc2C(=O)NS(=O)(=O)c2cccc(OCc3cnn(-c4ccccc4)c3)n2)C(C)(C)C1.CC1CN(c2ncccc2C(=O)NS(=O)(=O)c2cccc(O[C@H]3CCC[C@@H]3C)n2)C(C)(C)C1.CC1CN(c2ncccc2C(=O)NS(=O)(=O)c2cccc(Oc3cccc(C(C)C)c3)n2)C(C)(C)C1.C[C@@H]1CN(c2nc(-c3cccc(F)c3F)ccc2C(=O)NS(=O)(=O)N2CC[C@H](N)C2)C(C)(C)C1. The molecule has 142 heavy (non-hydrogen) atoms. The van der Waals surface area contributed by atoms with E-state index in [0.717, 1.165) is 91.8 Å². The maximum absolute atomic E-state index is 14.5. The Labute approximate surface area is 829 Å². The molecule has 6 N–H and O–H groups in total. The summed E-state index contributed by atoms with van der Waals surface area (Å²) in [5.41, 5.74) is 8.33. The number of nitrogens with one attached hydrogen (secondary N) is 4. The summed E-state index contributed by atoms with van der Waals surface area (Å²) >= 11 is 0. The fraction of sp³-hybridized carbons (Fsp3) is 0.412. The number of sulfonamides is 3. The molecule has 0 bridgehead atoms. The third-order valence-corrected chi connectivity index (χ3v) is 31.1. The second-order valence-electron chi connectivity index (χ2n) is 40.1. The molecule has 8 aromatic heterocycles. The number of benzene rings is 3. The van der Waals surface area contributed by atoms with Gasteiger partial charge >= 0.3 is 10.2 Å². The van der Waals surface area contributed by atoms with Crippen LogP contribution in [0.5, 0.6) is 23.4 Å². The highest BCUT2D eigenvalue weighted by atomic mass is 32.2. The van der Waals surface area contributed by atoms with Crippen LogP contribution in [-0.4, -0.2) is 180 Å². The molecule has 7 atom stereocenters. The number of hydrogen-bond acceptors (Lipinski definition) is 28. The van der Waals surface area contributed by atoms with Gasteiger partial charge in [-0.1, -0.05) is 103 Å². The summed E-state index contributed by atoms with van der Waals surface area (Å²) in [5, 5.41) is 3.44. The number of aromatic nitrogens is 9. The van der Waals surface area contributed by atoms with Crippen molar-refractivity contribution >= 4 is 87.2 Å². The maximum atomic E-state index is 14.5. The first-order chi connectivity index (χ1) is 67.0. The molecule has 754 valence electrons. The number of carbonyl (C=O) groups is 4. The Morgan fingerprint density at radius 1 is 0.472 bits per heavy atom. The molecule has 6 fully saturated rings. The normalized spacial score (nSPS) is 20.1. The van der Waals surface area contributed by atoms with Gasteiger partial charge in [0.25, 0.3) is 53.7 Å². The van der Waals surface area contributed by atoms with Crippen LogP contribution in [0.25, 0.3) is 16.9 Å². The van der Waals surface area contributed by atoms with Gasteiger partial charge in [-0.15, -0.1) is 0 Å². The van der Waals surface area contributed by atoms with Crippen molar-refractivity contribution in [3.8, 4) is 40.3 Å². The molecular weight excluding hydrogens is 1900 g/mol. The number of nitrogens with zero attached hydrogens (tertiary/aromatic N) is 14. The lowest BCUT2D eigenvalue weighted by molar-refractivity contribution is 0.0970. The topological polar surface area (TPSA) is 431 Å². The number of nitrogens with two attached hydrogens (primary N) is 1. The predicted molar refractivity (Wildman–Crippen MR) is 536 cm³/mol. The van der Waals surface area contributed by atoms with E-state index in [0.29, 0.717) is 65.8 Å². The van der Waals surface area contributed by atoms with Crippen LogP contribution in [0.1, 0.15) is 214 Å². The largest absolute Gasteiger partial charge is 0.474 e. The minimum atomic E-state index is -4.28. The van der Waals surface area contributed by atoms with Crippen LogP contribution in [0.4, 0.5) is 32.1 Å². The lowest BCUT2D eigenvalue weighted by Gasteiger charge is -2.34. The number of amides is 4. The van der Waals surface area contributed by atoms with Crippen molar-refractivity contribution in [2.24, 2.45) is 35.3 Å². The summed E-state index contributed by atoms with van der Waals surface area (Å²) < 4.78 is 161. The first-order valence-electron chi connectivity index (χ1n) is 47.3. The van der Waals surface area contributed by atoms with Crippen LogP contribution in [-0.2, 0) is 46.9 Å². The van der Waals surface area contributed by atoms with Gasteiger partial charge in [0.15, 0.2) is 26.7 Å². The third-order valence-electron chi connectivity index (χ3n) is 26.0. The van der Waals surface area contributed by atoms with Crippen molar-refractivity contribution in [3.05, 3.63) is 252 Å². The molecule has 0 radical (unpaired) electrons. The summed E-state index contributed by atoms with van der Waals surface area (Å²) in [4.78, 5) is 91.0. The summed E-state index contributed by atoms with van der Waals surface area (Å²) in [6.07, 6.45) is 15.6. The number of pyridine rings is 7. The van der Waals surface area contributed by atoms with Gasteiger partial charge in [0, 0.05) is 122 Å². The van der Waals surface area contributed by atoms with Gasteiger partial charge in [0.2, 0.25) is 17.6 Å². The zero-order valence-corrected chi connectivity index (χ0v) is 85.5. The molecule has 1 aliphatic carbocycles. The molecule has 6 aliphatic rings. The smallest absolute Gasteiger partial charge is 0.304 e. The van der Waals surface area contributed by atoms with Gasteiger partial charge in [-0.2, -0.15) is 58.0 Å². The zero-order chi connectivity index (χ0) is 102. The Kier molecular flexibility index (Phi) is 31.8.